The van der Waals surface area contributed by atoms with Gasteiger partial charge in [0.25, 0.3) is 0 Å². The summed E-state index contributed by atoms with van der Waals surface area (Å²) < 4.78 is 12.7. The fourth-order valence-electron chi connectivity index (χ4n) is 2.25. The fourth-order valence-corrected chi connectivity index (χ4v) is 3.76. The van der Waals surface area contributed by atoms with Gasteiger partial charge in [-0.05, 0) is 87.1 Å². The van der Waals surface area contributed by atoms with Gasteiger partial charge in [0, 0.05) is 6.54 Å². The zero-order valence-corrected chi connectivity index (χ0v) is 17.8. The normalized spacial score (nSPS) is 10.2. The second kappa shape index (κ2) is 11.0. The van der Waals surface area contributed by atoms with E-state index in [-0.39, 0.29) is 12.4 Å². The maximum absolute atomic E-state index is 5.60. The number of hydrogen-bond donors (Lipinski definition) is 1. The fraction of sp³-hybridized carbons (Fsp3) is 0.333. The van der Waals surface area contributed by atoms with E-state index in [1.54, 1.807) is 7.11 Å². The molecule has 2 aromatic rings. The first-order chi connectivity index (χ1) is 11.1. The molecule has 132 valence electrons. The van der Waals surface area contributed by atoms with Crippen molar-refractivity contribution in [2.75, 3.05) is 20.3 Å². The Morgan fingerprint density at radius 2 is 1.62 bits per heavy atom. The van der Waals surface area contributed by atoms with E-state index >= 15 is 0 Å². The van der Waals surface area contributed by atoms with Crippen LogP contribution in [0.4, 0.5) is 0 Å². The predicted molar refractivity (Wildman–Crippen MR) is 109 cm³/mol. The van der Waals surface area contributed by atoms with E-state index in [1.165, 1.54) is 11.1 Å². The second-order valence-electron chi connectivity index (χ2n) is 5.10. The van der Waals surface area contributed by atoms with Gasteiger partial charge in [-0.15, -0.1) is 12.4 Å². The summed E-state index contributed by atoms with van der Waals surface area (Å²) in [5.74, 6) is 1.75. The third-order valence-electron chi connectivity index (χ3n) is 3.43. The number of halogens is 3. The Hall–Kier alpha value is -0.750. The lowest BCUT2D eigenvalue weighted by Crippen LogP contribution is -2.16. The summed E-state index contributed by atoms with van der Waals surface area (Å²) in [4.78, 5) is 0. The second-order valence-corrected chi connectivity index (χ2v) is 6.81. The Morgan fingerprint density at radius 3 is 2.17 bits per heavy atom. The van der Waals surface area contributed by atoms with Crippen LogP contribution in [0.2, 0.25) is 0 Å². The van der Waals surface area contributed by atoms with Crippen molar-refractivity contribution in [1.82, 2.24) is 5.32 Å². The molecule has 0 aliphatic rings. The Bertz CT molecular complexity index is 612. The average molecular weight is 480 g/mol. The molecule has 0 aliphatic carbocycles. The Balaban J connectivity index is 0.00000288. The van der Waals surface area contributed by atoms with Crippen LogP contribution in [-0.2, 0) is 13.0 Å². The van der Waals surface area contributed by atoms with Gasteiger partial charge in [-0.25, -0.2) is 0 Å². The zero-order valence-electron chi connectivity index (χ0n) is 13.8. The minimum Gasteiger partial charge on any atom is -0.497 e. The molecule has 0 spiro atoms. The first kappa shape index (κ1) is 21.3. The summed E-state index contributed by atoms with van der Waals surface area (Å²) >= 11 is 7.13. The number of benzene rings is 2. The summed E-state index contributed by atoms with van der Waals surface area (Å²) in [7, 11) is 1.68. The van der Waals surface area contributed by atoms with Crippen LogP contribution in [0.3, 0.4) is 0 Å². The molecule has 0 heterocycles. The van der Waals surface area contributed by atoms with Crippen LogP contribution in [0.25, 0.3) is 0 Å². The highest BCUT2D eigenvalue weighted by Crippen LogP contribution is 2.34. The highest BCUT2D eigenvalue weighted by atomic mass is 79.9. The van der Waals surface area contributed by atoms with Crippen LogP contribution in [0.1, 0.15) is 18.1 Å². The lowest BCUT2D eigenvalue weighted by atomic mass is 10.1. The van der Waals surface area contributed by atoms with Crippen LogP contribution in [0, 0.1) is 0 Å². The molecule has 2 rings (SSSR count). The van der Waals surface area contributed by atoms with Gasteiger partial charge in [0.2, 0.25) is 0 Å². The van der Waals surface area contributed by atoms with Gasteiger partial charge in [-0.3, -0.25) is 0 Å². The van der Waals surface area contributed by atoms with Gasteiger partial charge in [-0.1, -0.05) is 12.1 Å². The van der Waals surface area contributed by atoms with E-state index in [0.717, 1.165) is 40.0 Å². The molecule has 0 aliphatic heterocycles. The Kier molecular flexibility index (Phi) is 9.74. The SMILES string of the molecule is CCOc1c(Br)cc(CNCCc2ccc(OC)cc2)cc1Br.Cl. The van der Waals surface area contributed by atoms with Gasteiger partial charge in [0.15, 0.2) is 0 Å². The van der Waals surface area contributed by atoms with Crippen LogP contribution in [-0.4, -0.2) is 20.3 Å². The highest BCUT2D eigenvalue weighted by molar-refractivity contribution is 9.11. The van der Waals surface area contributed by atoms with E-state index in [4.69, 9.17) is 9.47 Å². The summed E-state index contributed by atoms with van der Waals surface area (Å²) in [6.45, 7) is 4.37. The number of ether oxygens (including phenoxy) is 2. The molecule has 3 nitrogen and oxygen atoms in total. The largest absolute Gasteiger partial charge is 0.497 e. The van der Waals surface area contributed by atoms with Gasteiger partial charge in [0.05, 0.1) is 22.7 Å². The lowest BCUT2D eigenvalue weighted by Gasteiger charge is -2.11. The van der Waals surface area contributed by atoms with Crippen LogP contribution in [0.5, 0.6) is 11.5 Å². The molecule has 1 N–H and O–H groups in total. The molecule has 0 amide bonds. The summed E-state index contributed by atoms with van der Waals surface area (Å²) in [5.41, 5.74) is 2.51. The predicted octanol–water partition coefficient (Wildman–Crippen LogP) is 5.37. The number of rotatable bonds is 8. The lowest BCUT2D eigenvalue weighted by molar-refractivity contribution is 0.336. The summed E-state index contributed by atoms with van der Waals surface area (Å²) in [5, 5.41) is 3.47. The molecule has 2 aromatic carbocycles. The highest BCUT2D eigenvalue weighted by Gasteiger charge is 2.08. The maximum atomic E-state index is 5.60. The van der Waals surface area contributed by atoms with E-state index in [9.17, 15) is 0 Å². The third-order valence-corrected chi connectivity index (χ3v) is 4.60. The van der Waals surface area contributed by atoms with Gasteiger partial charge < -0.3 is 14.8 Å². The monoisotopic (exact) mass is 477 g/mol. The molecular formula is C18H22Br2ClNO2. The van der Waals surface area contributed by atoms with Gasteiger partial charge >= 0.3 is 0 Å². The smallest absolute Gasteiger partial charge is 0.147 e. The summed E-state index contributed by atoms with van der Waals surface area (Å²) in [6.07, 6.45) is 0.989. The van der Waals surface area contributed by atoms with Crippen molar-refractivity contribution in [2.24, 2.45) is 0 Å². The first-order valence-corrected chi connectivity index (χ1v) is 9.17. The number of methoxy groups -OCH3 is 1. The molecule has 0 bridgehead atoms. The minimum absolute atomic E-state index is 0. The van der Waals surface area contributed by atoms with Crippen molar-refractivity contribution in [3.8, 4) is 11.5 Å². The van der Waals surface area contributed by atoms with Crippen molar-refractivity contribution in [2.45, 2.75) is 19.9 Å². The van der Waals surface area contributed by atoms with E-state index in [1.807, 2.05) is 19.1 Å². The number of hydrogen-bond acceptors (Lipinski definition) is 3. The molecule has 6 heteroatoms. The quantitative estimate of drug-likeness (QED) is 0.516. The minimum atomic E-state index is 0. The average Bonchev–Trinajstić information content (AvgIpc) is 2.55. The van der Waals surface area contributed by atoms with Gasteiger partial charge in [-0.2, -0.15) is 0 Å². The van der Waals surface area contributed by atoms with Crippen LogP contribution < -0.4 is 14.8 Å². The standard InChI is InChI=1S/C18H21Br2NO2.ClH/c1-3-23-18-16(19)10-14(11-17(18)20)12-21-9-8-13-4-6-15(22-2)7-5-13;/h4-7,10-11,21H,3,8-9,12H2,1-2H3;1H. The van der Waals surface area contributed by atoms with E-state index < -0.39 is 0 Å². The Morgan fingerprint density at radius 1 is 1.00 bits per heavy atom. The number of nitrogens with one attached hydrogen (secondary N) is 1. The van der Waals surface area contributed by atoms with Gasteiger partial charge in [0.1, 0.15) is 11.5 Å². The molecule has 0 atom stereocenters. The summed E-state index contributed by atoms with van der Waals surface area (Å²) in [6, 6.07) is 12.4. The molecule has 0 unspecified atom stereocenters. The molecular weight excluding hydrogens is 457 g/mol. The molecule has 0 fully saturated rings. The third kappa shape index (κ3) is 6.28. The molecule has 0 saturated heterocycles. The Labute approximate surface area is 166 Å². The van der Waals surface area contributed by atoms with Crippen LogP contribution >= 0.6 is 44.3 Å². The van der Waals surface area contributed by atoms with E-state index in [2.05, 4.69) is 61.4 Å². The van der Waals surface area contributed by atoms with Crippen molar-refractivity contribution in [1.29, 1.82) is 0 Å². The van der Waals surface area contributed by atoms with Crippen LogP contribution in [0.15, 0.2) is 45.3 Å². The molecule has 24 heavy (non-hydrogen) atoms. The van der Waals surface area contributed by atoms with Crippen molar-refractivity contribution in [3.63, 3.8) is 0 Å². The van der Waals surface area contributed by atoms with Crippen molar-refractivity contribution >= 4 is 44.3 Å². The van der Waals surface area contributed by atoms with Crippen molar-refractivity contribution < 1.29 is 9.47 Å². The molecule has 0 aromatic heterocycles. The first-order valence-electron chi connectivity index (χ1n) is 7.58. The molecule has 0 radical (unpaired) electrons. The topological polar surface area (TPSA) is 30.5 Å². The molecule has 0 saturated carbocycles. The maximum Gasteiger partial charge on any atom is 0.147 e. The zero-order chi connectivity index (χ0) is 16.7. The van der Waals surface area contributed by atoms with E-state index in [0.29, 0.717) is 6.61 Å². The van der Waals surface area contributed by atoms with Crippen molar-refractivity contribution in [3.05, 3.63) is 56.5 Å².